The molecule has 0 atom stereocenters. The average Bonchev–Trinajstić information content (AvgIpc) is 2.81. The molecule has 0 bridgehead atoms. The van der Waals surface area contributed by atoms with E-state index in [9.17, 15) is 0 Å². The molecule has 0 unspecified atom stereocenters. The lowest BCUT2D eigenvalue weighted by molar-refractivity contribution is 0.412. The maximum Gasteiger partial charge on any atom is 0.301 e. The van der Waals surface area contributed by atoms with Crippen LogP contribution in [0.3, 0.4) is 0 Å². The molecule has 0 radical (unpaired) electrons. The molecule has 4 rings (SSSR count). The Balaban J connectivity index is 2.01. The van der Waals surface area contributed by atoms with E-state index in [0.29, 0.717) is 0 Å². The van der Waals surface area contributed by atoms with Gasteiger partial charge in [0.05, 0.1) is 7.11 Å². The largest absolute Gasteiger partial charge is 0.494 e. The van der Waals surface area contributed by atoms with Gasteiger partial charge in [0, 0.05) is 0 Å². The average molecular weight is 423 g/mol. The van der Waals surface area contributed by atoms with Crippen LogP contribution in [0, 0.1) is 13.8 Å². The van der Waals surface area contributed by atoms with Crippen LogP contribution in [0.5, 0.6) is 5.75 Å². The van der Waals surface area contributed by atoms with Crippen LogP contribution in [0.2, 0.25) is 0 Å². The number of rotatable bonds is 6. The Morgan fingerprint density at radius 1 is 0.645 bits per heavy atom. The van der Waals surface area contributed by atoms with E-state index in [2.05, 4.69) is 85.8 Å². The summed E-state index contributed by atoms with van der Waals surface area (Å²) in [5, 5.41) is 8.44. The molecule has 4 aromatic rings. The fraction of sp³-hybridized carbons (Fsp3) is 0.111. The Bertz CT molecular complexity index is 1080. The first kappa shape index (κ1) is 20.8. The van der Waals surface area contributed by atoms with Crippen LogP contribution in [-0.2, 0) is 0 Å². The molecule has 0 aromatic heterocycles. The Kier molecular flexibility index (Phi) is 6.10. The summed E-state index contributed by atoms with van der Waals surface area (Å²) < 4.78 is 10.9. The number of ether oxygens (including phenoxy) is 1. The fourth-order valence-electron chi connectivity index (χ4n) is 4.11. The van der Waals surface area contributed by atoms with Crippen LogP contribution >= 0.6 is 0 Å². The van der Waals surface area contributed by atoms with Crippen molar-refractivity contribution in [2.75, 3.05) is 7.11 Å². The van der Waals surface area contributed by atoms with Gasteiger partial charge in [-0.2, -0.15) is 5.11 Å². The zero-order valence-electron chi connectivity index (χ0n) is 18.1. The van der Waals surface area contributed by atoms with Crippen molar-refractivity contribution in [3.63, 3.8) is 0 Å². The van der Waals surface area contributed by atoms with Gasteiger partial charge in [0.15, 0.2) is 0 Å². The van der Waals surface area contributed by atoms with Gasteiger partial charge in [0.1, 0.15) is 11.4 Å². The van der Waals surface area contributed by atoms with Gasteiger partial charge in [-0.15, -0.1) is 0 Å². The molecule has 3 nitrogen and oxygen atoms in total. The predicted octanol–water partition coefficient (Wildman–Crippen LogP) is 5.06. The summed E-state index contributed by atoms with van der Waals surface area (Å²) in [6, 6.07) is 35.8. The molecule has 0 fully saturated rings. The van der Waals surface area contributed by atoms with E-state index in [-0.39, 0.29) is 0 Å². The lowest BCUT2D eigenvalue weighted by Crippen LogP contribution is -2.65. The highest BCUT2D eigenvalue weighted by Crippen LogP contribution is 2.33. The third-order valence-corrected chi connectivity index (χ3v) is 9.39. The highest BCUT2D eigenvalue weighted by atomic mass is 28.3. The maximum atomic E-state index is 5.68. The van der Waals surface area contributed by atoms with Gasteiger partial charge in [-0.1, -0.05) is 97.1 Å². The van der Waals surface area contributed by atoms with Crippen molar-refractivity contribution in [1.82, 2.24) is 0 Å². The van der Waals surface area contributed by atoms with Gasteiger partial charge < -0.3 is 4.74 Å². The zero-order chi connectivity index (χ0) is 21.7. The molecule has 154 valence electrons. The van der Waals surface area contributed by atoms with E-state index in [1.165, 1.54) is 15.6 Å². The standard InChI is InChI=1S/C27H26N2OSi/c1-21-19-22(2)27(30-3)26(20-21)28-29-31(23-13-7-4-8-14-23,24-15-9-5-10-16-24)25-17-11-6-12-18-25/h4-20H,1-3H3. The summed E-state index contributed by atoms with van der Waals surface area (Å²) in [6.07, 6.45) is 0. The maximum absolute atomic E-state index is 5.68. The number of methoxy groups -OCH3 is 1. The molecular formula is C27H26N2OSi. The van der Waals surface area contributed by atoms with Crippen LogP contribution in [0.1, 0.15) is 11.1 Å². The number of aryl methyl sites for hydroxylation is 2. The molecule has 0 heterocycles. The SMILES string of the molecule is COc1c(C)cc(C)cc1N=N[Si](c1ccccc1)(c1ccccc1)c1ccccc1. The third kappa shape index (κ3) is 4.07. The minimum Gasteiger partial charge on any atom is -0.494 e. The molecule has 0 aliphatic heterocycles. The second-order valence-corrected chi connectivity index (χ2v) is 11.0. The minimum absolute atomic E-state index is 0.764. The molecule has 0 spiro atoms. The Labute approximate surface area is 185 Å². The van der Waals surface area contributed by atoms with E-state index in [4.69, 9.17) is 14.6 Å². The van der Waals surface area contributed by atoms with Crippen molar-refractivity contribution in [3.8, 4) is 5.75 Å². The fourth-order valence-corrected chi connectivity index (χ4v) is 7.74. The first-order chi connectivity index (χ1) is 15.1. The number of nitrogens with zero attached hydrogens (tertiary/aromatic N) is 2. The minimum atomic E-state index is -2.77. The molecule has 31 heavy (non-hydrogen) atoms. The van der Waals surface area contributed by atoms with E-state index < -0.39 is 8.24 Å². The summed E-state index contributed by atoms with van der Waals surface area (Å²) in [7, 11) is -1.09. The Morgan fingerprint density at radius 3 is 1.52 bits per heavy atom. The van der Waals surface area contributed by atoms with Crippen LogP contribution in [0.4, 0.5) is 5.69 Å². The predicted molar refractivity (Wildman–Crippen MR) is 131 cm³/mol. The quantitative estimate of drug-likeness (QED) is 0.243. The summed E-state index contributed by atoms with van der Waals surface area (Å²) in [6.45, 7) is 4.11. The molecule has 0 aliphatic rings. The highest BCUT2D eigenvalue weighted by molar-refractivity contribution is 7.10. The molecule has 4 heteroatoms. The van der Waals surface area contributed by atoms with Gasteiger partial charge in [-0.25, -0.2) is 4.78 Å². The van der Waals surface area contributed by atoms with Crippen LogP contribution in [0.15, 0.2) is 113 Å². The van der Waals surface area contributed by atoms with Gasteiger partial charge in [-0.3, -0.25) is 0 Å². The molecule has 0 N–H and O–H groups in total. The number of hydrogen-bond acceptors (Lipinski definition) is 3. The summed E-state index contributed by atoms with van der Waals surface area (Å²) in [5.41, 5.74) is 2.96. The monoisotopic (exact) mass is 422 g/mol. The first-order valence-corrected chi connectivity index (χ1v) is 12.3. The van der Waals surface area contributed by atoms with Crippen molar-refractivity contribution in [1.29, 1.82) is 0 Å². The second kappa shape index (κ2) is 9.10. The summed E-state index contributed by atoms with van der Waals surface area (Å²) in [4.78, 5) is 0. The second-order valence-electron chi connectivity index (χ2n) is 7.64. The first-order valence-electron chi connectivity index (χ1n) is 10.4. The summed E-state index contributed by atoms with van der Waals surface area (Å²) >= 11 is 0. The van der Waals surface area contributed by atoms with E-state index in [1.54, 1.807) is 7.11 Å². The lowest BCUT2D eigenvalue weighted by atomic mass is 10.1. The van der Waals surface area contributed by atoms with Crippen molar-refractivity contribution in [3.05, 3.63) is 114 Å². The zero-order valence-corrected chi connectivity index (χ0v) is 19.1. The van der Waals surface area contributed by atoms with Crippen LogP contribution < -0.4 is 20.3 Å². The van der Waals surface area contributed by atoms with Crippen molar-refractivity contribution < 1.29 is 4.74 Å². The Hall–Kier alpha value is -3.50. The smallest absolute Gasteiger partial charge is 0.301 e. The van der Waals surface area contributed by atoms with E-state index in [0.717, 1.165) is 22.6 Å². The Morgan fingerprint density at radius 2 is 1.10 bits per heavy atom. The number of benzene rings is 4. The molecule has 0 saturated heterocycles. The highest BCUT2D eigenvalue weighted by Gasteiger charge is 2.41. The lowest BCUT2D eigenvalue weighted by Gasteiger charge is -2.27. The topological polar surface area (TPSA) is 34.0 Å². The van der Waals surface area contributed by atoms with Crippen molar-refractivity contribution in [2.24, 2.45) is 9.89 Å². The van der Waals surface area contributed by atoms with Crippen LogP contribution in [-0.4, -0.2) is 15.3 Å². The van der Waals surface area contributed by atoms with Gasteiger partial charge in [0.2, 0.25) is 0 Å². The van der Waals surface area contributed by atoms with Gasteiger partial charge >= 0.3 is 8.24 Å². The van der Waals surface area contributed by atoms with E-state index >= 15 is 0 Å². The van der Waals surface area contributed by atoms with Crippen molar-refractivity contribution >= 4 is 29.5 Å². The molecule has 0 aliphatic carbocycles. The molecule has 4 aromatic carbocycles. The normalized spacial score (nSPS) is 11.6. The number of hydrogen-bond donors (Lipinski definition) is 0. The van der Waals surface area contributed by atoms with Gasteiger partial charge in [0.25, 0.3) is 0 Å². The third-order valence-electron chi connectivity index (χ3n) is 5.49. The van der Waals surface area contributed by atoms with Crippen molar-refractivity contribution in [2.45, 2.75) is 13.8 Å². The summed E-state index contributed by atoms with van der Waals surface area (Å²) in [5.74, 6) is 0.770. The molecule has 0 amide bonds. The van der Waals surface area contributed by atoms with Crippen LogP contribution in [0.25, 0.3) is 0 Å². The molecular weight excluding hydrogens is 396 g/mol. The molecule has 0 saturated carbocycles. The van der Waals surface area contributed by atoms with E-state index in [1.807, 2.05) is 31.2 Å². The van der Waals surface area contributed by atoms with Gasteiger partial charge in [-0.05, 0) is 46.6 Å².